The highest BCUT2D eigenvalue weighted by Crippen LogP contribution is 2.23. The largest absolute Gasteiger partial charge is 0.394 e. The lowest BCUT2D eigenvalue weighted by Crippen LogP contribution is -2.60. The average Bonchev–Trinajstić information content (AvgIpc) is 3.42. The number of aliphatic hydroxyl groups excluding tert-OH is 6. The minimum atomic E-state index is -1.62. The van der Waals surface area contributed by atoms with E-state index in [-0.39, 0.29) is 6.61 Å². The van der Waals surface area contributed by atoms with E-state index in [1.165, 1.54) is 205 Å². The number of aliphatic hydroxyl groups is 6. The maximum Gasteiger partial charge on any atom is 0.249 e. The predicted molar refractivity (Wildman–Crippen MR) is 319 cm³/mol. The Morgan fingerprint density at radius 1 is 0.461 bits per heavy atom. The van der Waals surface area contributed by atoms with Gasteiger partial charge in [-0.3, -0.25) is 4.79 Å². The van der Waals surface area contributed by atoms with Crippen molar-refractivity contribution in [1.29, 1.82) is 0 Å². The number of allylic oxidation sites excluding steroid dienone is 9. The first-order chi connectivity index (χ1) is 37.3. The summed E-state index contributed by atoms with van der Waals surface area (Å²) >= 11 is 0. The topological polar surface area (TPSA) is 169 Å². The number of unbranched alkanes of at least 4 members (excludes halogenated alkanes) is 36. The second kappa shape index (κ2) is 54.8. The van der Waals surface area contributed by atoms with E-state index in [1.54, 1.807) is 6.08 Å². The van der Waals surface area contributed by atoms with E-state index < -0.39 is 61.5 Å². The number of rotatable bonds is 55. The Labute approximate surface area is 467 Å². The highest BCUT2D eigenvalue weighted by atomic mass is 16.7. The molecule has 0 aliphatic carbocycles. The van der Waals surface area contributed by atoms with Crippen LogP contribution in [0.1, 0.15) is 290 Å². The highest BCUT2D eigenvalue weighted by Gasteiger charge is 2.44. The van der Waals surface area contributed by atoms with Crippen molar-refractivity contribution in [3.05, 3.63) is 60.8 Å². The summed E-state index contributed by atoms with van der Waals surface area (Å²) in [5.41, 5.74) is 0. The summed E-state index contributed by atoms with van der Waals surface area (Å²) in [5, 5.41) is 65.0. The van der Waals surface area contributed by atoms with Gasteiger partial charge in [0.1, 0.15) is 30.5 Å². The van der Waals surface area contributed by atoms with Gasteiger partial charge in [0.05, 0.1) is 25.4 Å². The van der Waals surface area contributed by atoms with Crippen LogP contribution in [-0.2, 0) is 14.3 Å². The zero-order valence-corrected chi connectivity index (χ0v) is 49.1. The van der Waals surface area contributed by atoms with Gasteiger partial charge < -0.3 is 45.4 Å². The second-order valence-corrected chi connectivity index (χ2v) is 22.3. The third-order valence-corrected chi connectivity index (χ3v) is 15.2. The van der Waals surface area contributed by atoms with E-state index in [0.29, 0.717) is 19.3 Å². The van der Waals surface area contributed by atoms with Gasteiger partial charge in [0.15, 0.2) is 6.29 Å². The number of carbonyl (C=O) groups is 1. The lowest BCUT2D eigenvalue weighted by Gasteiger charge is -2.40. The van der Waals surface area contributed by atoms with Crippen molar-refractivity contribution >= 4 is 5.91 Å². The Morgan fingerprint density at radius 3 is 1.22 bits per heavy atom. The van der Waals surface area contributed by atoms with Crippen molar-refractivity contribution in [2.45, 2.75) is 339 Å². The minimum Gasteiger partial charge on any atom is -0.394 e. The molecule has 1 aliphatic heterocycles. The molecule has 1 aliphatic rings. The molecule has 0 saturated carbocycles. The summed E-state index contributed by atoms with van der Waals surface area (Å²) in [6.45, 7) is 3.60. The van der Waals surface area contributed by atoms with Gasteiger partial charge in [-0.1, -0.05) is 274 Å². The maximum atomic E-state index is 13.1. The molecule has 1 saturated heterocycles. The molecule has 444 valence electrons. The smallest absolute Gasteiger partial charge is 0.249 e. The molecular formula is C66H121NO9. The molecule has 0 radical (unpaired) electrons. The summed E-state index contributed by atoms with van der Waals surface area (Å²) in [6.07, 6.45) is 65.0. The summed E-state index contributed by atoms with van der Waals surface area (Å²) in [6, 6.07) is -1.01. The normalized spacial score (nSPS) is 19.6. The molecule has 76 heavy (non-hydrogen) atoms. The molecule has 1 heterocycles. The van der Waals surface area contributed by atoms with Gasteiger partial charge in [-0.05, 0) is 77.0 Å². The van der Waals surface area contributed by atoms with Crippen LogP contribution in [0.2, 0.25) is 0 Å². The van der Waals surface area contributed by atoms with Crippen LogP contribution >= 0.6 is 0 Å². The van der Waals surface area contributed by atoms with E-state index in [1.807, 2.05) is 6.08 Å². The number of carbonyl (C=O) groups excluding carboxylic acids is 1. The Morgan fingerprint density at radius 2 is 0.816 bits per heavy atom. The van der Waals surface area contributed by atoms with Gasteiger partial charge >= 0.3 is 0 Å². The quantitative estimate of drug-likeness (QED) is 0.0232. The summed E-state index contributed by atoms with van der Waals surface area (Å²) in [7, 11) is 0. The van der Waals surface area contributed by atoms with E-state index >= 15 is 0 Å². The number of hydrogen-bond donors (Lipinski definition) is 7. The first-order valence-corrected chi connectivity index (χ1v) is 32.1. The standard InChI is InChI=1S/C66H121NO9/c1-3-5-7-9-11-13-15-17-19-20-21-22-23-24-25-26-27-28-29-30-31-32-33-34-35-36-37-38-39-41-43-45-47-49-51-53-55-60(70)65(74)67-58(57-75-66-64(73)63(72)62(71)61(56-68)76-66)59(69)54-52-50-48-46-44-42-40-18-16-14-12-10-8-6-4-2/h16,18,25-26,28-29,44,46,52,54,58-64,66,68-73H,3-15,17,19-24,27,30-43,45,47-51,53,55-57H2,1-2H3,(H,67,74)/b18-16+,26-25-,29-28-,46-44+,54-52+. The van der Waals surface area contributed by atoms with Crippen LogP contribution in [0.4, 0.5) is 0 Å². The SMILES string of the molecule is CCCCCCC/C=C/CC/C=C/CC/C=C/C(O)C(COC1OC(CO)C(O)C(O)C1O)NC(=O)C(O)CCCCCCCCCCCCCCCCCC/C=C\C/C=C\CCCCCCCCCCCCCCC. The average molecular weight is 1070 g/mol. The van der Waals surface area contributed by atoms with E-state index in [0.717, 1.165) is 51.4 Å². The summed E-state index contributed by atoms with van der Waals surface area (Å²) in [4.78, 5) is 13.1. The molecule has 0 aromatic heterocycles. The number of amides is 1. The van der Waals surface area contributed by atoms with Crippen LogP contribution in [0, 0.1) is 0 Å². The van der Waals surface area contributed by atoms with Crippen LogP contribution in [0.15, 0.2) is 60.8 Å². The molecule has 0 bridgehead atoms. The number of hydrogen-bond acceptors (Lipinski definition) is 9. The van der Waals surface area contributed by atoms with Gasteiger partial charge in [-0.2, -0.15) is 0 Å². The van der Waals surface area contributed by atoms with Crippen LogP contribution < -0.4 is 5.32 Å². The zero-order valence-electron chi connectivity index (χ0n) is 49.1. The second-order valence-electron chi connectivity index (χ2n) is 22.3. The monoisotopic (exact) mass is 1070 g/mol. The molecule has 0 aromatic rings. The number of ether oxygens (including phenoxy) is 2. The maximum absolute atomic E-state index is 13.1. The highest BCUT2D eigenvalue weighted by molar-refractivity contribution is 5.80. The van der Waals surface area contributed by atoms with Crippen molar-refractivity contribution < 1.29 is 44.9 Å². The van der Waals surface area contributed by atoms with E-state index in [9.17, 15) is 35.4 Å². The zero-order chi connectivity index (χ0) is 55.2. The molecule has 10 nitrogen and oxygen atoms in total. The lowest BCUT2D eigenvalue weighted by molar-refractivity contribution is -0.302. The van der Waals surface area contributed by atoms with Crippen LogP contribution in [0.5, 0.6) is 0 Å². The van der Waals surface area contributed by atoms with Crippen molar-refractivity contribution in [2.24, 2.45) is 0 Å². The fourth-order valence-corrected chi connectivity index (χ4v) is 9.99. The molecule has 0 spiro atoms. The van der Waals surface area contributed by atoms with Gasteiger partial charge in [0, 0.05) is 0 Å². The molecule has 8 atom stereocenters. The van der Waals surface area contributed by atoms with Gasteiger partial charge in [0.2, 0.25) is 5.91 Å². The van der Waals surface area contributed by atoms with Crippen molar-refractivity contribution in [3.8, 4) is 0 Å². The molecule has 10 heteroatoms. The Hall–Kier alpha value is -2.15. The summed E-state index contributed by atoms with van der Waals surface area (Å²) in [5.74, 6) is -0.629. The van der Waals surface area contributed by atoms with Crippen molar-refractivity contribution in [1.82, 2.24) is 5.32 Å². The van der Waals surface area contributed by atoms with Crippen molar-refractivity contribution in [2.75, 3.05) is 13.2 Å². The van der Waals surface area contributed by atoms with Gasteiger partial charge in [-0.15, -0.1) is 0 Å². The van der Waals surface area contributed by atoms with Crippen LogP contribution in [0.25, 0.3) is 0 Å². The third-order valence-electron chi connectivity index (χ3n) is 15.2. The van der Waals surface area contributed by atoms with Gasteiger partial charge in [-0.25, -0.2) is 0 Å². The first kappa shape index (κ1) is 71.9. The minimum absolute atomic E-state index is 0.300. The van der Waals surface area contributed by atoms with Crippen LogP contribution in [-0.4, -0.2) is 98.7 Å². The molecule has 1 rings (SSSR count). The molecule has 0 aromatic carbocycles. The Kier molecular flexibility index (Phi) is 51.8. The molecule has 8 unspecified atom stereocenters. The van der Waals surface area contributed by atoms with Gasteiger partial charge in [0.25, 0.3) is 0 Å². The lowest BCUT2D eigenvalue weighted by atomic mass is 9.99. The van der Waals surface area contributed by atoms with Crippen molar-refractivity contribution in [3.63, 3.8) is 0 Å². The molecule has 1 amide bonds. The molecular weight excluding hydrogens is 951 g/mol. The fourth-order valence-electron chi connectivity index (χ4n) is 9.99. The van der Waals surface area contributed by atoms with Crippen LogP contribution in [0.3, 0.4) is 0 Å². The third kappa shape index (κ3) is 42.8. The fraction of sp³-hybridized carbons (Fsp3) is 0.833. The summed E-state index contributed by atoms with van der Waals surface area (Å²) < 4.78 is 11.2. The Bertz CT molecular complexity index is 1400. The Balaban J connectivity index is 2.14. The predicted octanol–water partition coefficient (Wildman–Crippen LogP) is 15.6. The van der Waals surface area contributed by atoms with E-state index in [4.69, 9.17) is 9.47 Å². The first-order valence-electron chi connectivity index (χ1n) is 32.1. The van der Waals surface area contributed by atoms with E-state index in [2.05, 4.69) is 67.8 Å². The number of nitrogens with one attached hydrogen (secondary N) is 1. The molecule has 1 fully saturated rings. The molecule has 7 N–H and O–H groups in total.